The summed E-state index contributed by atoms with van der Waals surface area (Å²) >= 11 is 1.43. The summed E-state index contributed by atoms with van der Waals surface area (Å²) in [6.45, 7) is 6.23. The van der Waals surface area contributed by atoms with Crippen LogP contribution >= 0.6 is 11.3 Å². The first-order chi connectivity index (χ1) is 14.5. The predicted octanol–water partition coefficient (Wildman–Crippen LogP) is 4.50. The lowest BCUT2D eigenvalue weighted by molar-refractivity contribution is -0.143. The molecule has 156 valence electrons. The second-order valence-electron chi connectivity index (χ2n) is 7.79. The number of thiazole rings is 1. The second-order valence-corrected chi connectivity index (χ2v) is 8.80. The molecular formula is C24H26N2O3S. The summed E-state index contributed by atoms with van der Waals surface area (Å²) < 4.78 is 7.94. The molecule has 4 rings (SSSR count). The van der Waals surface area contributed by atoms with Crippen LogP contribution in [0.15, 0.2) is 35.3 Å². The zero-order valence-electron chi connectivity index (χ0n) is 17.7. The number of rotatable bonds is 4. The minimum absolute atomic E-state index is 0.0344. The van der Waals surface area contributed by atoms with Crippen molar-refractivity contribution < 1.29 is 14.3 Å². The van der Waals surface area contributed by atoms with Crippen LogP contribution < -0.4 is 4.80 Å². The number of nitrogens with zero attached hydrogens (tertiary/aromatic N) is 2. The van der Waals surface area contributed by atoms with Gasteiger partial charge in [0.15, 0.2) is 4.80 Å². The number of esters is 1. The number of fused-ring (bicyclic) bond motifs is 2. The van der Waals surface area contributed by atoms with Crippen molar-refractivity contribution in [1.82, 2.24) is 4.57 Å². The van der Waals surface area contributed by atoms with Crippen molar-refractivity contribution in [2.24, 2.45) is 4.99 Å². The smallest absolute Gasteiger partial charge is 0.326 e. The number of hydrogen-bond acceptors (Lipinski definition) is 4. The molecule has 0 saturated carbocycles. The van der Waals surface area contributed by atoms with Gasteiger partial charge < -0.3 is 9.30 Å². The third kappa shape index (κ3) is 4.10. The number of benzene rings is 2. The van der Waals surface area contributed by atoms with Crippen LogP contribution in [-0.2, 0) is 28.9 Å². The van der Waals surface area contributed by atoms with Crippen molar-refractivity contribution in [2.75, 3.05) is 6.61 Å². The highest BCUT2D eigenvalue weighted by atomic mass is 32.1. The number of amides is 1. The van der Waals surface area contributed by atoms with Gasteiger partial charge >= 0.3 is 5.97 Å². The maximum absolute atomic E-state index is 13.0. The van der Waals surface area contributed by atoms with E-state index in [4.69, 9.17) is 4.74 Å². The lowest BCUT2D eigenvalue weighted by Gasteiger charge is -2.15. The van der Waals surface area contributed by atoms with Gasteiger partial charge in [0, 0.05) is 5.56 Å². The van der Waals surface area contributed by atoms with Crippen LogP contribution in [0.5, 0.6) is 0 Å². The van der Waals surface area contributed by atoms with E-state index in [0.717, 1.165) is 35.0 Å². The highest BCUT2D eigenvalue weighted by molar-refractivity contribution is 7.16. The van der Waals surface area contributed by atoms with Gasteiger partial charge in [-0.1, -0.05) is 17.4 Å². The first kappa shape index (κ1) is 20.5. The molecule has 0 radical (unpaired) electrons. The van der Waals surface area contributed by atoms with Crippen LogP contribution in [-0.4, -0.2) is 23.1 Å². The molecule has 5 nitrogen and oxygen atoms in total. The number of ether oxygens (including phenoxy) is 1. The average Bonchev–Trinajstić information content (AvgIpc) is 3.04. The quantitative estimate of drug-likeness (QED) is 0.582. The molecular weight excluding hydrogens is 396 g/mol. The molecule has 0 bridgehead atoms. The standard InChI is InChI=1S/C24H26N2O3S/c1-4-29-22(27)14-26-20-11-15(2)16(3)12-21(20)30-24(26)25-23(28)19-10-9-17-7-5-6-8-18(17)13-19/h9-13H,4-8,14H2,1-3H3. The van der Waals surface area contributed by atoms with Gasteiger partial charge in [-0.2, -0.15) is 4.99 Å². The highest BCUT2D eigenvalue weighted by Gasteiger charge is 2.16. The molecule has 0 aliphatic heterocycles. The van der Waals surface area contributed by atoms with Crippen LogP contribution in [0.1, 0.15) is 52.4 Å². The molecule has 1 aromatic heterocycles. The molecule has 0 saturated heterocycles. The van der Waals surface area contributed by atoms with Gasteiger partial charge in [-0.05, 0) is 93.0 Å². The van der Waals surface area contributed by atoms with E-state index in [9.17, 15) is 9.59 Å². The number of aryl methyl sites for hydroxylation is 4. The van der Waals surface area contributed by atoms with E-state index in [1.807, 2.05) is 25.1 Å². The fraction of sp³-hybridized carbons (Fsp3) is 0.375. The minimum atomic E-state index is -0.335. The molecule has 6 heteroatoms. The largest absolute Gasteiger partial charge is 0.465 e. The maximum Gasteiger partial charge on any atom is 0.326 e. The molecule has 1 amide bonds. The third-order valence-electron chi connectivity index (χ3n) is 5.68. The first-order valence-electron chi connectivity index (χ1n) is 10.4. The van der Waals surface area contributed by atoms with Crippen molar-refractivity contribution in [3.05, 3.63) is 63.0 Å². The van der Waals surface area contributed by atoms with Gasteiger partial charge in [0.25, 0.3) is 5.91 Å². The number of carbonyl (C=O) groups excluding carboxylic acids is 2. The van der Waals surface area contributed by atoms with E-state index in [1.54, 1.807) is 11.5 Å². The number of carbonyl (C=O) groups is 2. The second kappa shape index (κ2) is 8.56. The summed E-state index contributed by atoms with van der Waals surface area (Å²) in [5.41, 5.74) is 6.38. The summed E-state index contributed by atoms with van der Waals surface area (Å²) in [7, 11) is 0. The summed E-state index contributed by atoms with van der Waals surface area (Å²) in [4.78, 5) is 30.1. The normalized spacial score (nSPS) is 14.0. The lowest BCUT2D eigenvalue weighted by Crippen LogP contribution is -2.23. The summed E-state index contributed by atoms with van der Waals surface area (Å²) in [6, 6.07) is 10.0. The molecule has 0 fully saturated rings. The Morgan fingerprint density at radius 3 is 2.57 bits per heavy atom. The SMILES string of the molecule is CCOC(=O)Cn1c(=NC(=O)c2ccc3c(c2)CCCC3)sc2cc(C)c(C)cc21. The zero-order chi connectivity index (χ0) is 21.3. The van der Waals surface area contributed by atoms with Crippen molar-refractivity contribution in [3.63, 3.8) is 0 Å². The first-order valence-corrected chi connectivity index (χ1v) is 11.2. The van der Waals surface area contributed by atoms with Crippen molar-refractivity contribution in [1.29, 1.82) is 0 Å². The molecule has 0 atom stereocenters. The maximum atomic E-state index is 13.0. The zero-order valence-corrected chi connectivity index (χ0v) is 18.5. The Labute approximate surface area is 180 Å². The van der Waals surface area contributed by atoms with E-state index in [1.165, 1.54) is 34.4 Å². The Morgan fingerprint density at radius 2 is 1.80 bits per heavy atom. The molecule has 1 heterocycles. The van der Waals surface area contributed by atoms with Crippen molar-refractivity contribution in [3.8, 4) is 0 Å². The average molecular weight is 423 g/mol. The number of aromatic nitrogens is 1. The van der Waals surface area contributed by atoms with Gasteiger partial charge in [-0.25, -0.2) is 0 Å². The third-order valence-corrected chi connectivity index (χ3v) is 6.72. The van der Waals surface area contributed by atoms with Gasteiger partial charge in [0.1, 0.15) is 6.54 Å². The molecule has 1 aliphatic carbocycles. The molecule has 0 spiro atoms. The lowest BCUT2D eigenvalue weighted by atomic mass is 9.90. The topological polar surface area (TPSA) is 60.7 Å². The van der Waals surface area contributed by atoms with Crippen LogP contribution in [0.2, 0.25) is 0 Å². The molecule has 2 aromatic carbocycles. The molecule has 1 aliphatic rings. The van der Waals surface area contributed by atoms with Crippen LogP contribution in [0, 0.1) is 13.8 Å². The predicted molar refractivity (Wildman–Crippen MR) is 119 cm³/mol. The van der Waals surface area contributed by atoms with E-state index in [0.29, 0.717) is 17.0 Å². The molecule has 30 heavy (non-hydrogen) atoms. The highest BCUT2D eigenvalue weighted by Crippen LogP contribution is 2.24. The van der Waals surface area contributed by atoms with Gasteiger partial charge in [-0.15, -0.1) is 0 Å². The van der Waals surface area contributed by atoms with Gasteiger partial charge in [0.2, 0.25) is 0 Å². The van der Waals surface area contributed by atoms with Gasteiger partial charge in [-0.3, -0.25) is 9.59 Å². The Kier molecular flexibility index (Phi) is 5.86. The molecule has 0 N–H and O–H groups in total. The number of hydrogen-bond donors (Lipinski definition) is 0. The monoisotopic (exact) mass is 422 g/mol. The van der Waals surface area contributed by atoms with E-state index < -0.39 is 0 Å². The summed E-state index contributed by atoms with van der Waals surface area (Å²) in [6.07, 6.45) is 4.46. The van der Waals surface area contributed by atoms with Crippen LogP contribution in [0.4, 0.5) is 0 Å². The van der Waals surface area contributed by atoms with Gasteiger partial charge in [0.05, 0.1) is 16.8 Å². The van der Waals surface area contributed by atoms with E-state index in [-0.39, 0.29) is 18.4 Å². The molecule has 0 unspecified atom stereocenters. The Balaban J connectivity index is 1.79. The Hall–Kier alpha value is -2.73. The fourth-order valence-electron chi connectivity index (χ4n) is 3.91. The van der Waals surface area contributed by atoms with Crippen molar-refractivity contribution >= 4 is 33.4 Å². The Bertz CT molecular complexity index is 1200. The van der Waals surface area contributed by atoms with Crippen molar-refractivity contribution in [2.45, 2.75) is 53.0 Å². The summed E-state index contributed by atoms with van der Waals surface area (Å²) in [5.74, 6) is -0.612. The van der Waals surface area contributed by atoms with Crippen LogP contribution in [0.3, 0.4) is 0 Å². The summed E-state index contributed by atoms with van der Waals surface area (Å²) in [5, 5.41) is 0. The van der Waals surface area contributed by atoms with E-state index in [2.05, 4.69) is 24.0 Å². The Morgan fingerprint density at radius 1 is 1.07 bits per heavy atom. The fourth-order valence-corrected chi connectivity index (χ4v) is 5.02. The van der Waals surface area contributed by atoms with E-state index >= 15 is 0 Å². The minimum Gasteiger partial charge on any atom is -0.465 e. The molecule has 3 aromatic rings. The van der Waals surface area contributed by atoms with Crippen LogP contribution in [0.25, 0.3) is 10.2 Å².